The van der Waals surface area contributed by atoms with Crippen LogP contribution < -0.4 is 5.32 Å². The van der Waals surface area contributed by atoms with Crippen LogP contribution in [-0.4, -0.2) is 55.3 Å². The predicted octanol–water partition coefficient (Wildman–Crippen LogP) is 2.60. The molecule has 2 nitrogen and oxygen atoms in total. The van der Waals surface area contributed by atoms with E-state index in [-0.39, 0.29) is 6.04 Å². The molecule has 0 aromatic carbocycles. The Bertz CT molecular complexity index is 200. The lowest BCUT2D eigenvalue weighted by Gasteiger charge is -2.31. The van der Waals surface area contributed by atoms with Gasteiger partial charge in [0.1, 0.15) is 0 Å². The minimum absolute atomic E-state index is 0.106. The Morgan fingerprint density at radius 1 is 1.24 bits per heavy atom. The van der Waals surface area contributed by atoms with E-state index in [1.165, 1.54) is 0 Å². The Morgan fingerprint density at radius 3 is 2.29 bits per heavy atom. The van der Waals surface area contributed by atoms with E-state index in [1.807, 2.05) is 14.0 Å². The van der Waals surface area contributed by atoms with Crippen molar-refractivity contribution in [2.45, 2.75) is 38.5 Å². The fourth-order valence-electron chi connectivity index (χ4n) is 1.49. The molecule has 0 aliphatic carbocycles. The van der Waals surface area contributed by atoms with Crippen LogP contribution in [0, 0.1) is 0 Å². The molecular weight excluding hydrogens is 249 g/mol. The molecule has 2 atom stereocenters. The molecule has 104 valence electrons. The maximum atomic E-state index is 12.0. The van der Waals surface area contributed by atoms with Gasteiger partial charge in [-0.3, -0.25) is 4.90 Å². The van der Waals surface area contributed by atoms with Crippen molar-refractivity contribution >= 4 is 11.8 Å². The summed E-state index contributed by atoms with van der Waals surface area (Å²) in [6.07, 6.45) is -1.01. The third kappa shape index (κ3) is 8.74. The first kappa shape index (κ1) is 17.1. The SMILES string of the molecule is CSCCC(C)N(C)C(C)CNCC(F)(F)F. The summed E-state index contributed by atoms with van der Waals surface area (Å²) in [4.78, 5) is 2.12. The number of nitrogens with zero attached hydrogens (tertiary/aromatic N) is 1. The van der Waals surface area contributed by atoms with Gasteiger partial charge >= 0.3 is 6.18 Å². The van der Waals surface area contributed by atoms with Crippen molar-refractivity contribution in [3.8, 4) is 0 Å². The summed E-state index contributed by atoms with van der Waals surface area (Å²) < 4.78 is 35.9. The molecule has 0 heterocycles. The van der Waals surface area contributed by atoms with Crippen molar-refractivity contribution in [3.05, 3.63) is 0 Å². The van der Waals surface area contributed by atoms with Crippen LogP contribution in [0.15, 0.2) is 0 Å². The van der Waals surface area contributed by atoms with Crippen LogP contribution in [0.2, 0.25) is 0 Å². The zero-order valence-electron chi connectivity index (χ0n) is 11.0. The topological polar surface area (TPSA) is 15.3 Å². The molecule has 0 aromatic rings. The number of hydrogen-bond donors (Lipinski definition) is 1. The van der Waals surface area contributed by atoms with Crippen LogP contribution >= 0.6 is 11.8 Å². The number of likely N-dealkylation sites (N-methyl/N-ethyl adjacent to an activating group) is 1. The van der Waals surface area contributed by atoms with E-state index in [4.69, 9.17) is 0 Å². The van der Waals surface area contributed by atoms with Crippen molar-refractivity contribution in [1.29, 1.82) is 0 Å². The third-order valence-corrected chi connectivity index (χ3v) is 3.54. The number of alkyl halides is 3. The molecule has 0 saturated heterocycles. The van der Waals surface area contributed by atoms with Gasteiger partial charge in [0.25, 0.3) is 0 Å². The first-order valence-corrected chi connectivity index (χ1v) is 7.15. The normalized spacial score (nSPS) is 16.2. The summed E-state index contributed by atoms with van der Waals surface area (Å²) in [5.41, 5.74) is 0. The predicted molar refractivity (Wildman–Crippen MR) is 68.6 cm³/mol. The molecule has 2 unspecified atom stereocenters. The quantitative estimate of drug-likeness (QED) is 0.731. The van der Waals surface area contributed by atoms with Gasteiger partial charge in [-0.2, -0.15) is 24.9 Å². The van der Waals surface area contributed by atoms with Crippen molar-refractivity contribution in [3.63, 3.8) is 0 Å². The van der Waals surface area contributed by atoms with Crippen LogP contribution in [0.3, 0.4) is 0 Å². The smallest absolute Gasteiger partial charge is 0.307 e. The Hall–Kier alpha value is 0.0600. The van der Waals surface area contributed by atoms with Crippen molar-refractivity contribution in [2.75, 3.05) is 32.1 Å². The summed E-state index contributed by atoms with van der Waals surface area (Å²) in [5, 5.41) is 2.45. The van der Waals surface area contributed by atoms with E-state index in [0.717, 1.165) is 12.2 Å². The highest BCUT2D eigenvalue weighted by Crippen LogP contribution is 2.13. The second-order valence-electron chi connectivity index (χ2n) is 4.39. The van der Waals surface area contributed by atoms with Gasteiger partial charge in [0.2, 0.25) is 0 Å². The fourth-order valence-corrected chi connectivity index (χ4v) is 2.07. The van der Waals surface area contributed by atoms with Crippen LogP contribution in [0.5, 0.6) is 0 Å². The van der Waals surface area contributed by atoms with Crippen LogP contribution in [0.4, 0.5) is 13.2 Å². The molecular formula is C11H23F3N2S. The molecule has 0 spiro atoms. The zero-order valence-corrected chi connectivity index (χ0v) is 11.8. The van der Waals surface area contributed by atoms with E-state index < -0.39 is 12.7 Å². The first-order chi connectivity index (χ1) is 7.78. The second-order valence-corrected chi connectivity index (χ2v) is 5.38. The summed E-state index contributed by atoms with van der Waals surface area (Å²) in [7, 11) is 1.96. The molecule has 0 aliphatic rings. The fraction of sp³-hybridized carbons (Fsp3) is 1.00. The molecule has 0 bridgehead atoms. The number of halogens is 3. The molecule has 0 amide bonds. The molecule has 1 N–H and O–H groups in total. The van der Waals surface area contributed by atoms with Gasteiger partial charge in [-0.15, -0.1) is 0 Å². The molecule has 0 saturated carbocycles. The maximum absolute atomic E-state index is 12.0. The standard InChI is InChI=1S/C11H23F3N2S/c1-9(5-6-17-4)16(3)10(2)7-15-8-11(12,13)14/h9-10,15H,5-8H2,1-4H3. The van der Waals surface area contributed by atoms with E-state index >= 15 is 0 Å². The van der Waals surface area contributed by atoms with E-state index in [2.05, 4.69) is 23.4 Å². The molecule has 0 rings (SSSR count). The average Bonchev–Trinajstić information content (AvgIpc) is 2.22. The van der Waals surface area contributed by atoms with Gasteiger partial charge in [0.15, 0.2) is 0 Å². The maximum Gasteiger partial charge on any atom is 0.401 e. The Labute approximate surface area is 106 Å². The van der Waals surface area contributed by atoms with Crippen LogP contribution in [0.1, 0.15) is 20.3 Å². The Morgan fingerprint density at radius 2 is 1.82 bits per heavy atom. The lowest BCUT2D eigenvalue weighted by molar-refractivity contribution is -0.125. The molecule has 0 aliphatic heterocycles. The summed E-state index contributed by atoms with van der Waals surface area (Å²) in [6, 6.07) is 0.499. The minimum atomic E-state index is -4.12. The van der Waals surface area contributed by atoms with E-state index in [1.54, 1.807) is 11.8 Å². The first-order valence-electron chi connectivity index (χ1n) is 5.76. The molecule has 17 heavy (non-hydrogen) atoms. The minimum Gasteiger partial charge on any atom is -0.307 e. The van der Waals surface area contributed by atoms with Crippen molar-refractivity contribution in [1.82, 2.24) is 10.2 Å². The second kappa shape index (κ2) is 8.21. The molecule has 6 heteroatoms. The van der Waals surface area contributed by atoms with Crippen molar-refractivity contribution in [2.24, 2.45) is 0 Å². The van der Waals surface area contributed by atoms with Gasteiger partial charge in [-0.25, -0.2) is 0 Å². The van der Waals surface area contributed by atoms with Gasteiger partial charge in [0.05, 0.1) is 6.54 Å². The summed E-state index contributed by atoms with van der Waals surface area (Å²) >= 11 is 1.79. The van der Waals surface area contributed by atoms with Gasteiger partial charge in [-0.1, -0.05) is 0 Å². The average molecular weight is 272 g/mol. The Balaban J connectivity index is 3.84. The lowest BCUT2D eigenvalue weighted by atomic mass is 10.2. The Kier molecular flexibility index (Phi) is 8.24. The number of thioether (sulfide) groups is 1. The number of nitrogens with one attached hydrogen (secondary N) is 1. The van der Waals surface area contributed by atoms with Gasteiger partial charge < -0.3 is 5.32 Å². The van der Waals surface area contributed by atoms with Gasteiger partial charge in [0, 0.05) is 18.6 Å². The largest absolute Gasteiger partial charge is 0.401 e. The molecule has 0 aromatic heterocycles. The monoisotopic (exact) mass is 272 g/mol. The number of rotatable bonds is 8. The molecule has 0 radical (unpaired) electrons. The van der Waals surface area contributed by atoms with Gasteiger partial charge in [-0.05, 0) is 39.3 Å². The summed E-state index contributed by atoms with van der Waals surface area (Å²) in [5.74, 6) is 1.08. The highest BCUT2D eigenvalue weighted by Gasteiger charge is 2.26. The zero-order chi connectivity index (χ0) is 13.5. The summed E-state index contributed by atoms with van der Waals surface area (Å²) in [6.45, 7) is 3.50. The third-order valence-electron chi connectivity index (χ3n) is 2.90. The van der Waals surface area contributed by atoms with E-state index in [0.29, 0.717) is 12.6 Å². The highest BCUT2D eigenvalue weighted by molar-refractivity contribution is 7.98. The van der Waals surface area contributed by atoms with Crippen LogP contribution in [-0.2, 0) is 0 Å². The highest BCUT2D eigenvalue weighted by atomic mass is 32.2. The lowest BCUT2D eigenvalue weighted by Crippen LogP contribution is -2.44. The molecule has 0 fully saturated rings. The number of hydrogen-bond acceptors (Lipinski definition) is 3. The van der Waals surface area contributed by atoms with Crippen LogP contribution in [0.25, 0.3) is 0 Å². The van der Waals surface area contributed by atoms with E-state index in [9.17, 15) is 13.2 Å². The van der Waals surface area contributed by atoms with Crippen molar-refractivity contribution < 1.29 is 13.2 Å².